The van der Waals surface area contributed by atoms with Crippen LogP contribution in [0.3, 0.4) is 0 Å². The Bertz CT molecular complexity index is 3470. The fourth-order valence-electron chi connectivity index (χ4n) is 8.38. The topological polar surface area (TPSA) is 43.6 Å². The zero-order valence-electron chi connectivity index (χ0n) is 30.4. The molecular formula is C51H30N4S2. The SMILES string of the molecule is c1ccc(-c2ccc3c(c2)sc2c(-c4nc(-c5ccccc5)nc(-c5ccc6c(c5)sc5ccccc56)n4)cc(-n4c5ccccc5c5ccccc54)cc23)cc1. The Hall–Kier alpha value is -6.99. The van der Waals surface area contributed by atoms with Gasteiger partial charge in [-0.1, -0.05) is 140 Å². The van der Waals surface area contributed by atoms with Crippen molar-refractivity contribution < 1.29 is 0 Å². The van der Waals surface area contributed by atoms with Crippen molar-refractivity contribution in [2.75, 3.05) is 0 Å². The molecule has 4 nitrogen and oxygen atoms in total. The summed E-state index contributed by atoms with van der Waals surface area (Å²) in [6.45, 7) is 0. The highest BCUT2D eigenvalue weighted by Gasteiger charge is 2.21. The maximum atomic E-state index is 5.37. The van der Waals surface area contributed by atoms with Gasteiger partial charge >= 0.3 is 0 Å². The van der Waals surface area contributed by atoms with Crippen LogP contribution in [0.25, 0.3) is 113 Å². The highest BCUT2D eigenvalue weighted by Crippen LogP contribution is 2.44. The van der Waals surface area contributed by atoms with Gasteiger partial charge < -0.3 is 4.57 Å². The summed E-state index contributed by atoms with van der Waals surface area (Å²) in [6, 6.07) is 65.0. The van der Waals surface area contributed by atoms with Crippen LogP contribution in [0, 0.1) is 0 Å². The molecule has 6 heteroatoms. The van der Waals surface area contributed by atoms with Gasteiger partial charge in [0.25, 0.3) is 0 Å². The van der Waals surface area contributed by atoms with Gasteiger partial charge in [-0.05, 0) is 53.6 Å². The first-order chi connectivity index (χ1) is 28.2. The maximum absolute atomic E-state index is 5.37. The van der Waals surface area contributed by atoms with Gasteiger partial charge in [-0.25, -0.2) is 15.0 Å². The van der Waals surface area contributed by atoms with E-state index in [0.29, 0.717) is 17.5 Å². The summed E-state index contributed by atoms with van der Waals surface area (Å²) in [5, 5.41) is 7.36. The Balaban J connectivity index is 1.15. The van der Waals surface area contributed by atoms with Crippen molar-refractivity contribution >= 4 is 84.8 Å². The molecule has 0 bridgehead atoms. The van der Waals surface area contributed by atoms with Crippen molar-refractivity contribution in [2.45, 2.75) is 0 Å². The predicted molar refractivity (Wildman–Crippen MR) is 242 cm³/mol. The van der Waals surface area contributed by atoms with Gasteiger partial charge in [0, 0.05) is 73.5 Å². The van der Waals surface area contributed by atoms with E-state index in [9.17, 15) is 0 Å². The molecule has 0 aliphatic rings. The Morgan fingerprint density at radius 2 is 0.860 bits per heavy atom. The fraction of sp³-hybridized carbons (Fsp3) is 0. The first-order valence-electron chi connectivity index (χ1n) is 19.0. The van der Waals surface area contributed by atoms with Crippen molar-refractivity contribution in [3.05, 3.63) is 182 Å². The number of rotatable bonds is 5. The number of benzene rings is 8. The molecule has 0 saturated carbocycles. The highest BCUT2D eigenvalue weighted by molar-refractivity contribution is 7.26. The molecule has 0 radical (unpaired) electrons. The maximum Gasteiger partial charge on any atom is 0.165 e. The lowest BCUT2D eigenvalue weighted by Gasteiger charge is -2.13. The minimum Gasteiger partial charge on any atom is -0.309 e. The molecular weight excluding hydrogens is 733 g/mol. The lowest BCUT2D eigenvalue weighted by atomic mass is 10.0. The molecule has 0 aliphatic carbocycles. The number of nitrogens with zero attached hydrogens (tertiary/aromatic N) is 4. The van der Waals surface area contributed by atoms with Gasteiger partial charge in [-0.3, -0.25) is 0 Å². The fourth-order valence-corrected chi connectivity index (χ4v) is 10.8. The average Bonchev–Trinajstić information content (AvgIpc) is 3.95. The normalized spacial score (nSPS) is 11.9. The zero-order valence-corrected chi connectivity index (χ0v) is 32.1. The largest absolute Gasteiger partial charge is 0.309 e. The van der Waals surface area contributed by atoms with Crippen molar-refractivity contribution in [1.29, 1.82) is 0 Å². The first-order valence-corrected chi connectivity index (χ1v) is 20.6. The molecule has 12 aromatic rings. The van der Waals surface area contributed by atoms with Gasteiger partial charge in [0.15, 0.2) is 17.5 Å². The number of hydrogen-bond donors (Lipinski definition) is 0. The Morgan fingerprint density at radius 3 is 1.60 bits per heavy atom. The molecule has 0 amide bonds. The summed E-state index contributed by atoms with van der Waals surface area (Å²) >= 11 is 3.61. The highest BCUT2D eigenvalue weighted by atomic mass is 32.1. The van der Waals surface area contributed by atoms with Crippen molar-refractivity contribution in [3.63, 3.8) is 0 Å². The van der Waals surface area contributed by atoms with Crippen LogP contribution in [0.5, 0.6) is 0 Å². The van der Waals surface area contributed by atoms with Crippen LogP contribution in [0.15, 0.2) is 182 Å². The molecule has 0 unspecified atom stereocenters. The van der Waals surface area contributed by atoms with Gasteiger partial charge in [-0.15, -0.1) is 22.7 Å². The lowest BCUT2D eigenvalue weighted by molar-refractivity contribution is 1.08. The number of aromatic nitrogens is 4. The monoisotopic (exact) mass is 762 g/mol. The van der Waals surface area contributed by atoms with Crippen LogP contribution >= 0.6 is 22.7 Å². The molecule has 0 spiro atoms. The van der Waals surface area contributed by atoms with Crippen molar-refractivity contribution in [1.82, 2.24) is 19.5 Å². The molecule has 4 heterocycles. The second-order valence-electron chi connectivity index (χ2n) is 14.4. The Morgan fingerprint density at radius 1 is 0.333 bits per heavy atom. The second-order valence-corrected chi connectivity index (χ2v) is 16.5. The predicted octanol–water partition coefficient (Wildman–Crippen LogP) is 14.4. The average molecular weight is 763 g/mol. The standard InChI is InChI=1S/C51H30N4S2/c1-3-13-31(14-4-1)33-23-25-40-41-29-35(55-43-20-10-7-17-36(43)37-18-8-11-21-44(37)55)30-42(48(41)57-47(40)27-33)51-53-49(32-15-5-2-6-16-32)52-50(54-51)34-24-26-39-38-19-9-12-22-45(38)56-46(39)28-34/h1-30H. The van der Waals surface area contributed by atoms with Crippen LogP contribution in [0.4, 0.5) is 0 Å². The number of hydrogen-bond acceptors (Lipinski definition) is 5. The third-order valence-electron chi connectivity index (χ3n) is 11.0. The van der Waals surface area contributed by atoms with Crippen molar-refractivity contribution in [3.8, 4) is 51.0 Å². The minimum absolute atomic E-state index is 0.648. The molecule has 57 heavy (non-hydrogen) atoms. The van der Waals surface area contributed by atoms with E-state index in [1.807, 2.05) is 18.2 Å². The lowest BCUT2D eigenvalue weighted by Crippen LogP contribution is -2.01. The zero-order chi connectivity index (χ0) is 37.5. The van der Waals surface area contributed by atoms with Crippen LogP contribution in [-0.2, 0) is 0 Å². The van der Waals surface area contributed by atoms with Gasteiger partial charge in [0.1, 0.15) is 0 Å². The van der Waals surface area contributed by atoms with Crippen LogP contribution < -0.4 is 0 Å². The van der Waals surface area contributed by atoms with E-state index in [2.05, 4.69) is 168 Å². The third kappa shape index (κ3) is 5.22. The summed E-state index contributed by atoms with van der Waals surface area (Å²) in [6.07, 6.45) is 0. The van der Waals surface area contributed by atoms with Gasteiger partial charge in [-0.2, -0.15) is 0 Å². The molecule has 8 aromatic carbocycles. The van der Waals surface area contributed by atoms with Crippen molar-refractivity contribution in [2.24, 2.45) is 0 Å². The summed E-state index contributed by atoms with van der Waals surface area (Å²) in [5.41, 5.74) is 8.68. The number of fused-ring (bicyclic) bond motifs is 9. The molecule has 266 valence electrons. The first kappa shape index (κ1) is 32.3. The molecule has 12 rings (SSSR count). The quantitative estimate of drug-likeness (QED) is 0.175. The molecule has 0 fully saturated rings. The molecule has 4 aromatic heterocycles. The van der Waals surface area contributed by atoms with Crippen LogP contribution in [0.1, 0.15) is 0 Å². The van der Waals surface area contributed by atoms with Crippen LogP contribution in [-0.4, -0.2) is 19.5 Å². The molecule has 0 atom stereocenters. The third-order valence-corrected chi connectivity index (χ3v) is 13.4. The van der Waals surface area contributed by atoms with E-state index in [4.69, 9.17) is 15.0 Å². The van der Waals surface area contributed by atoms with Gasteiger partial charge in [0.05, 0.1) is 11.0 Å². The van der Waals surface area contributed by atoms with E-state index in [0.717, 1.165) is 38.1 Å². The minimum atomic E-state index is 0.648. The summed E-state index contributed by atoms with van der Waals surface area (Å²) in [5.74, 6) is 1.95. The Kier molecular flexibility index (Phi) is 7.24. The van der Waals surface area contributed by atoms with Crippen LogP contribution in [0.2, 0.25) is 0 Å². The number of thiophene rings is 2. The van der Waals surface area contributed by atoms with E-state index < -0.39 is 0 Å². The van der Waals surface area contributed by atoms with Gasteiger partial charge in [0.2, 0.25) is 0 Å². The molecule has 0 saturated heterocycles. The number of para-hydroxylation sites is 2. The smallest absolute Gasteiger partial charge is 0.165 e. The van der Waals surface area contributed by atoms with E-state index in [1.165, 1.54) is 57.5 Å². The summed E-state index contributed by atoms with van der Waals surface area (Å²) < 4.78 is 7.25. The second kappa shape index (κ2) is 12.8. The summed E-state index contributed by atoms with van der Waals surface area (Å²) in [7, 11) is 0. The Labute approximate surface area is 335 Å². The molecule has 0 N–H and O–H groups in total. The van der Waals surface area contributed by atoms with E-state index in [1.54, 1.807) is 22.7 Å². The van der Waals surface area contributed by atoms with E-state index in [-0.39, 0.29) is 0 Å². The summed E-state index contributed by atoms with van der Waals surface area (Å²) in [4.78, 5) is 15.8. The van der Waals surface area contributed by atoms with E-state index >= 15 is 0 Å². The molecule has 0 aliphatic heterocycles.